The van der Waals surface area contributed by atoms with Crippen molar-refractivity contribution in [3.05, 3.63) is 0 Å². The Morgan fingerprint density at radius 3 is 1.44 bits per heavy atom. The van der Waals surface area contributed by atoms with Crippen molar-refractivity contribution in [2.75, 3.05) is 14.2 Å². The maximum atomic E-state index is 12.0. The zero-order chi connectivity index (χ0) is 14.2. The van der Waals surface area contributed by atoms with E-state index in [0.717, 1.165) is 24.9 Å². The molecule has 0 aromatic heterocycles. The standard InChI is InChI=1S/C10H26O5Si3/c1-7-9-17(5,12-3)14-16(11)15-18(6,13-4)10-8-2/h7-10H2,1-6H3. The Morgan fingerprint density at radius 1 is 0.889 bits per heavy atom. The summed E-state index contributed by atoms with van der Waals surface area (Å²) in [5.41, 5.74) is 0. The van der Waals surface area contributed by atoms with Crippen LogP contribution in [0.25, 0.3) is 0 Å². The van der Waals surface area contributed by atoms with E-state index in [9.17, 15) is 4.46 Å². The maximum Gasteiger partial charge on any atom is 0.739 e. The van der Waals surface area contributed by atoms with Crippen LogP contribution in [0.5, 0.6) is 0 Å². The number of rotatable bonds is 10. The van der Waals surface area contributed by atoms with Crippen molar-refractivity contribution in [1.82, 2.24) is 0 Å². The second-order valence-electron chi connectivity index (χ2n) is 4.63. The van der Waals surface area contributed by atoms with Gasteiger partial charge in [0.2, 0.25) is 0 Å². The highest BCUT2D eigenvalue weighted by atomic mass is 28.5. The molecule has 5 nitrogen and oxygen atoms in total. The molecule has 0 aliphatic rings. The first-order valence-electron chi connectivity index (χ1n) is 6.37. The Labute approximate surface area is 114 Å². The Bertz CT molecular complexity index is 242. The lowest BCUT2D eigenvalue weighted by Gasteiger charge is -2.28. The van der Waals surface area contributed by atoms with Crippen molar-refractivity contribution in [3.8, 4) is 0 Å². The summed E-state index contributed by atoms with van der Waals surface area (Å²) in [4.78, 5) is 0. The third-order valence-electron chi connectivity index (χ3n) is 2.87. The van der Waals surface area contributed by atoms with E-state index < -0.39 is 26.3 Å². The molecule has 0 aromatic carbocycles. The molecule has 2 unspecified atom stereocenters. The molecule has 2 atom stereocenters. The molecule has 0 amide bonds. The first-order valence-corrected chi connectivity index (χ1v) is 12.6. The molecule has 0 N–H and O–H groups in total. The van der Waals surface area contributed by atoms with Gasteiger partial charge in [-0.1, -0.05) is 26.7 Å². The van der Waals surface area contributed by atoms with Gasteiger partial charge in [0.15, 0.2) is 0 Å². The Balaban J connectivity index is 4.48. The average molecular weight is 311 g/mol. The van der Waals surface area contributed by atoms with Crippen molar-refractivity contribution >= 4 is 26.3 Å². The van der Waals surface area contributed by atoms with E-state index in [2.05, 4.69) is 13.8 Å². The first-order chi connectivity index (χ1) is 8.34. The van der Waals surface area contributed by atoms with Gasteiger partial charge in [-0.05, 0) is 13.1 Å². The molecule has 8 heteroatoms. The molecule has 0 aliphatic heterocycles. The third kappa shape index (κ3) is 6.23. The van der Waals surface area contributed by atoms with E-state index in [4.69, 9.17) is 17.1 Å². The molecule has 0 bridgehead atoms. The van der Waals surface area contributed by atoms with Gasteiger partial charge in [-0.25, -0.2) is 0 Å². The largest absolute Gasteiger partial charge is 0.739 e. The molecule has 0 saturated carbocycles. The van der Waals surface area contributed by atoms with Crippen LogP contribution >= 0.6 is 0 Å². The smallest absolute Gasteiger partial charge is 0.530 e. The summed E-state index contributed by atoms with van der Waals surface area (Å²) < 4.78 is 33.9. The summed E-state index contributed by atoms with van der Waals surface area (Å²) in [5, 5.41) is 0. The van der Waals surface area contributed by atoms with Gasteiger partial charge in [-0.3, -0.25) is 4.46 Å². The lowest BCUT2D eigenvalue weighted by molar-refractivity contribution is 0.228. The fourth-order valence-electron chi connectivity index (χ4n) is 1.67. The topological polar surface area (TPSA) is 54.0 Å². The molecule has 0 aliphatic carbocycles. The summed E-state index contributed by atoms with van der Waals surface area (Å²) in [5.74, 6) is 0. The Hall–Kier alpha value is -0.0294. The predicted molar refractivity (Wildman–Crippen MR) is 76.1 cm³/mol. The van der Waals surface area contributed by atoms with E-state index >= 15 is 0 Å². The molecule has 0 aromatic rings. The van der Waals surface area contributed by atoms with E-state index in [1.54, 1.807) is 14.2 Å². The van der Waals surface area contributed by atoms with Crippen LogP contribution in [-0.2, 0) is 21.5 Å². The average Bonchev–Trinajstić information content (AvgIpc) is 2.29. The molecule has 0 radical (unpaired) electrons. The van der Waals surface area contributed by atoms with Crippen LogP contribution in [0, 0.1) is 0 Å². The lowest BCUT2D eigenvalue weighted by Crippen LogP contribution is -2.46. The molecule has 0 rings (SSSR count). The van der Waals surface area contributed by atoms with Crippen LogP contribution in [0.1, 0.15) is 26.7 Å². The monoisotopic (exact) mass is 310 g/mol. The van der Waals surface area contributed by atoms with Gasteiger partial charge in [0.05, 0.1) is 0 Å². The second-order valence-corrected chi connectivity index (χ2v) is 13.1. The second kappa shape index (κ2) is 8.20. The molecule has 0 saturated heterocycles. The van der Waals surface area contributed by atoms with Crippen LogP contribution < -0.4 is 0 Å². The van der Waals surface area contributed by atoms with Crippen molar-refractivity contribution in [2.45, 2.75) is 51.9 Å². The molecule has 0 heterocycles. The number of hydrogen-bond donors (Lipinski definition) is 0. The van der Waals surface area contributed by atoms with Crippen LogP contribution in [-0.4, -0.2) is 40.5 Å². The SMILES string of the molecule is CCC[Si](C)(OC)O[Si](=O)O[Si](C)(CCC)OC. The molecule has 0 spiro atoms. The summed E-state index contributed by atoms with van der Waals surface area (Å²) in [6, 6.07) is 1.62. The van der Waals surface area contributed by atoms with Crippen LogP contribution in [0.15, 0.2) is 0 Å². The van der Waals surface area contributed by atoms with E-state index in [-0.39, 0.29) is 0 Å². The van der Waals surface area contributed by atoms with Crippen LogP contribution in [0.2, 0.25) is 25.2 Å². The summed E-state index contributed by atoms with van der Waals surface area (Å²) in [6.07, 6.45) is 1.89. The van der Waals surface area contributed by atoms with Gasteiger partial charge in [0.25, 0.3) is 0 Å². The molecular formula is C10H26O5Si3. The summed E-state index contributed by atoms with van der Waals surface area (Å²) >= 11 is 0. The highest BCUT2D eigenvalue weighted by molar-refractivity contribution is 6.75. The Morgan fingerprint density at radius 2 is 1.22 bits per heavy atom. The highest BCUT2D eigenvalue weighted by Crippen LogP contribution is 2.18. The van der Waals surface area contributed by atoms with E-state index in [0.29, 0.717) is 0 Å². The molecular weight excluding hydrogens is 284 g/mol. The van der Waals surface area contributed by atoms with Crippen LogP contribution in [0.3, 0.4) is 0 Å². The van der Waals surface area contributed by atoms with Gasteiger partial charge < -0.3 is 17.1 Å². The number of hydrogen-bond acceptors (Lipinski definition) is 5. The van der Waals surface area contributed by atoms with E-state index in [1.165, 1.54) is 0 Å². The normalized spacial score (nSPS) is 17.7. The Kier molecular flexibility index (Phi) is 8.19. The van der Waals surface area contributed by atoms with Crippen molar-refractivity contribution < 1.29 is 21.5 Å². The van der Waals surface area contributed by atoms with Gasteiger partial charge in [0.1, 0.15) is 0 Å². The van der Waals surface area contributed by atoms with Crippen molar-refractivity contribution in [3.63, 3.8) is 0 Å². The predicted octanol–water partition coefficient (Wildman–Crippen LogP) is 2.69. The van der Waals surface area contributed by atoms with E-state index in [1.807, 2.05) is 13.1 Å². The van der Waals surface area contributed by atoms with Crippen LogP contribution in [0.4, 0.5) is 0 Å². The van der Waals surface area contributed by atoms with Crippen molar-refractivity contribution in [1.29, 1.82) is 0 Å². The fourth-order valence-corrected chi connectivity index (χ4v) is 8.74. The highest BCUT2D eigenvalue weighted by Gasteiger charge is 2.40. The van der Waals surface area contributed by atoms with Gasteiger partial charge in [-0.15, -0.1) is 0 Å². The minimum Gasteiger partial charge on any atom is -0.530 e. The quantitative estimate of drug-likeness (QED) is 0.581. The lowest BCUT2D eigenvalue weighted by atomic mass is 10.6. The van der Waals surface area contributed by atoms with Crippen molar-refractivity contribution in [2.24, 2.45) is 0 Å². The van der Waals surface area contributed by atoms with Gasteiger partial charge >= 0.3 is 26.3 Å². The maximum absolute atomic E-state index is 12.0. The summed E-state index contributed by atoms with van der Waals surface area (Å²) in [6.45, 7) is 7.93. The molecule has 0 fully saturated rings. The summed E-state index contributed by atoms with van der Waals surface area (Å²) in [7, 11) is -4.03. The zero-order valence-corrected chi connectivity index (χ0v) is 15.4. The fraction of sp³-hybridized carbons (Fsp3) is 1.00. The molecule has 108 valence electrons. The first kappa shape index (κ1) is 18.0. The minimum absolute atomic E-state index is 0.808. The van der Waals surface area contributed by atoms with Gasteiger partial charge in [0, 0.05) is 26.3 Å². The zero-order valence-electron chi connectivity index (χ0n) is 12.4. The molecule has 18 heavy (non-hydrogen) atoms. The van der Waals surface area contributed by atoms with Gasteiger partial charge in [-0.2, -0.15) is 0 Å². The minimum atomic E-state index is -2.55. The third-order valence-corrected chi connectivity index (χ3v) is 12.2.